The van der Waals surface area contributed by atoms with Gasteiger partial charge < -0.3 is 19.3 Å². The van der Waals surface area contributed by atoms with E-state index in [1.165, 1.54) is 20.0 Å². The number of ether oxygens (including phenoxy) is 3. The van der Waals surface area contributed by atoms with E-state index in [2.05, 4.69) is 6.92 Å². The number of allylic oxidation sites excluding steroid dienone is 4. The third-order valence-electron chi connectivity index (χ3n) is 11.1. The molecular weight excluding hydrogens is 500 g/mol. The number of fused-ring (bicyclic) bond motifs is 5. The summed E-state index contributed by atoms with van der Waals surface area (Å²) in [4.78, 5) is 51.0. The monoisotopic (exact) mass is 542 g/mol. The Morgan fingerprint density at radius 2 is 1.85 bits per heavy atom. The van der Waals surface area contributed by atoms with Crippen molar-refractivity contribution < 1.29 is 38.5 Å². The first-order valence-electron chi connectivity index (χ1n) is 14.6. The van der Waals surface area contributed by atoms with Crippen LogP contribution in [-0.2, 0) is 28.6 Å². The molecule has 214 valence electrons. The maximum absolute atomic E-state index is 13.9. The van der Waals surface area contributed by atoms with Crippen molar-refractivity contribution in [3.63, 3.8) is 0 Å². The molecule has 39 heavy (non-hydrogen) atoms. The van der Waals surface area contributed by atoms with Crippen LogP contribution in [0.3, 0.4) is 0 Å². The molecule has 0 saturated heterocycles. The van der Waals surface area contributed by atoms with Crippen LogP contribution in [-0.4, -0.2) is 54.2 Å². The van der Waals surface area contributed by atoms with E-state index < -0.39 is 47.0 Å². The molecule has 0 aromatic rings. The lowest BCUT2D eigenvalue weighted by atomic mass is 9.46. The molecule has 0 spiro atoms. The number of Topliss-reactive ketones (excluding diaryl/α,β-unsaturated/α-hetero) is 1. The highest BCUT2D eigenvalue weighted by Crippen LogP contribution is 2.68. The SMILES string of the molecule is COC(=O)O[C@]1(C(=O)COC(=O)CCC2CCCC2)CC[C@H]2[C@@H]3CCC4=CC(=O)C=C[C@]4(C)[C@H]3C(O)C[C@@]21C. The van der Waals surface area contributed by atoms with E-state index in [0.29, 0.717) is 12.3 Å². The van der Waals surface area contributed by atoms with Gasteiger partial charge in [-0.2, -0.15) is 0 Å². The van der Waals surface area contributed by atoms with Gasteiger partial charge in [-0.15, -0.1) is 0 Å². The first-order chi connectivity index (χ1) is 18.5. The topological polar surface area (TPSA) is 116 Å². The molecule has 7 atom stereocenters. The van der Waals surface area contributed by atoms with Crippen LogP contribution >= 0.6 is 0 Å². The molecule has 0 heterocycles. The smallest absolute Gasteiger partial charge is 0.457 e. The number of ketones is 2. The molecule has 8 nitrogen and oxygen atoms in total. The van der Waals surface area contributed by atoms with Crippen LogP contribution in [0.15, 0.2) is 23.8 Å². The summed E-state index contributed by atoms with van der Waals surface area (Å²) < 4.78 is 16.1. The van der Waals surface area contributed by atoms with E-state index in [4.69, 9.17) is 14.2 Å². The predicted molar refractivity (Wildman–Crippen MR) is 141 cm³/mol. The number of esters is 1. The van der Waals surface area contributed by atoms with Crippen molar-refractivity contribution in [2.45, 2.75) is 96.2 Å². The zero-order chi connectivity index (χ0) is 28.0. The number of carbonyl (C=O) groups is 4. The molecule has 4 fully saturated rings. The van der Waals surface area contributed by atoms with Gasteiger partial charge in [-0.25, -0.2) is 4.79 Å². The van der Waals surface area contributed by atoms with Crippen molar-refractivity contribution in [2.24, 2.45) is 34.5 Å². The minimum atomic E-state index is -1.56. The Morgan fingerprint density at radius 1 is 1.10 bits per heavy atom. The van der Waals surface area contributed by atoms with Crippen LogP contribution in [0.1, 0.15) is 84.5 Å². The van der Waals surface area contributed by atoms with Gasteiger partial charge in [0.05, 0.1) is 13.2 Å². The maximum Gasteiger partial charge on any atom is 0.509 e. The lowest BCUT2D eigenvalue weighted by Gasteiger charge is -2.59. The zero-order valence-corrected chi connectivity index (χ0v) is 23.4. The summed E-state index contributed by atoms with van der Waals surface area (Å²) >= 11 is 0. The van der Waals surface area contributed by atoms with Crippen LogP contribution < -0.4 is 0 Å². The fraction of sp³-hybridized carbons (Fsp3) is 0.742. The van der Waals surface area contributed by atoms with E-state index in [-0.39, 0.29) is 42.8 Å². The summed E-state index contributed by atoms with van der Waals surface area (Å²) in [7, 11) is 1.20. The van der Waals surface area contributed by atoms with Gasteiger partial charge in [0.25, 0.3) is 0 Å². The van der Waals surface area contributed by atoms with Gasteiger partial charge in [-0.3, -0.25) is 14.4 Å². The molecule has 0 amide bonds. The number of aliphatic hydroxyl groups excluding tert-OH is 1. The number of rotatable bonds is 7. The average molecular weight is 543 g/mol. The highest BCUT2D eigenvalue weighted by Gasteiger charge is 2.70. The lowest BCUT2D eigenvalue weighted by molar-refractivity contribution is -0.185. The maximum atomic E-state index is 13.9. The summed E-state index contributed by atoms with van der Waals surface area (Å²) in [6.45, 7) is 3.55. The standard InChI is InChI=1S/C31H42O8/c1-29-14-12-21(32)16-20(29)9-10-22-23-13-15-31(39-28(36)37-3,30(23,2)17-24(33)27(22)29)25(34)18-38-26(35)11-8-19-6-4-5-7-19/h12,14,16,19,22-24,27,33H,4-11,13,15,17-18H2,1-3H3/t22-,23-,24?,27+,29-,30-,31-/m0/s1. The quantitative estimate of drug-likeness (QED) is 0.453. The molecule has 1 unspecified atom stereocenters. The van der Waals surface area contributed by atoms with E-state index in [9.17, 15) is 24.3 Å². The van der Waals surface area contributed by atoms with Crippen molar-refractivity contribution in [2.75, 3.05) is 13.7 Å². The summed E-state index contributed by atoms with van der Waals surface area (Å²) in [5.41, 5.74) is -1.81. The van der Waals surface area contributed by atoms with E-state index in [1.807, 2.05) is 13.0 Å². The zero-order valence-electron chi connectivity index (χ0n) is 23.4. The van der Waals surface area contributed by atoms with Crippen LogP contribution in [0.4, 0.5) is 4.79 Å². The lowest BCUT2D eigenvalue weighted by Crippen LogP contribution is -2.63. The number of hydrogen-bond donors (Lipinski definition) is 1. The Kier molecular flexibility index (Phi) is 7.55. The van der Waals surface area contributed by atoms with Crippen LogP contribution in [0.5, 0.6) is 0 Å². The number of methoxy groups -OCH3 is 1. The van der Waals surface area contributed by atoms with Gasteiger partial charge in [0.15, 0.2) is 18.0 Å². The van der Waals surface area contributed by atoms with Gasteiger partial charge in [0.1, 0.15) is 0 Å². The normalized spacial score (nSPS) is 39.3. The molecule has 5 aliphatic carbocycles. The molecule has 4 saturated carbocycles. The van der Waals surface area contributed by atoms with Crippen LogP contribution in [0.25, 0.3) is 0 Å². The third-order valence-corrected chi connectivity index (χ3v) is 11.1. The molecule has 0 radical (unpaired) electrons. The van der Waals surface area contributed by atoms with E-state index >= 15 is 0 Å². The highest BCUT2D eigenvalue weighted by atomic mass is 16.7. The van der Waals surface area contributed by atoms with E-state index in [1.54, 1.807) is 12.2 Å². The van der Waals surface area contributed by atoms with Gasteiger partial charge in [-0.05, 0) is 68.4 Å². The molecule has 0 bridgehead atoms. The first kappa shape index (κ1) is 28.1. The van der Waals surface area contributed by atoms with Crippen LogP contribution in [0, 0.1) is 34.5 Å². The largest absolute Gasteiger partial charge is 0.509 e. The second-order valence-electron chi connectivity index (χ2n) is 12.9. The molecular formula is C31H42O8. The second-order valence-corrected chi connectivity index (χ2v) is 12.9. The molecule has 0 aromatic heterocycles. The van der Waals surface area contributed by atoms with Crippen molar-refractivity contribution in [1.82, 2.24) is 0 Å². The molecule has 8 heteroatoms. The van der Waals surface area contributed by atoms with Gasteiger partial charge in [0, 0.05) is 23.2 Å². The minimum absolute atomic E-state index is 0.00183. The molecule has 5 rings (SSSR count). The number of hydrogen-bond acceptors (Lipinski definition) is 8. The number of carbonyl (C=O) groups excluding carboxylic acids is 4. The summed E-state index contributed by atoms with van der Waals surface area (Å²) in [5, 5.41) is 11.7. The summed E-state index contributed by atoms with van der Waals surface area (Å²) in [6, 6.07) is 0. The Balaban J connectivity index is 1.37. The second kappa shape index (κ2) is 10.5. The van der Waals surface area contributed by atoms with Crippen molar-refractivity contribution >= 4 is 23.7 Å². The molecule has 0 aliphatic heterocycles. The minimum Gasteiger partial charge on any atom is -0.457 e. The molecule has 1 N–H and O–H groups in total. The van der Waals surface area contributed by atoms with Gasteiger partial charge >= 0.3 is 12.1 Å². The van der Waals surface area contributed by atoms with E-state index in [0.717, 1.165) is 37.7 Å². The Morgan fingerprint density at radius 3 is 2.56 bits per heavy atom. The van der Waals surface area contributed by atoms with Crippen molar-refractivity contribution in [3.8, 4) is 0 Å². The van der Waals surface area contributed by atoms with Gasteiger partial charge in [-0.1, -0.05) is 51.2 Å². The van der Waals surface area contributed by atoms with Crippen LogP contribution in [0.2, 0.25) is 0 Å². The summed E-state index contributed by atoms with van der Waals surface area (Å²) in [5.74, 6) is -0.388. The Hall–Kier alpha value is -2.48. The van der Waals surface area contributed by atoms with Gasteiger partial charge in [0.2, 0.25) is 5.78 Å². The molecule has 0 aromatic carbocycles. The predicted octanol–water partition coefficient (Wildman–Crippen LogP) is 4.87. The fourth-order valence-electron chi connectivity index (χ4n) is 9.14. The third kappa shape index (κ3) is 4.66. The Bertz CT molecular complexity index is 1090. The fourth-order valence-corrected chi connectivity index (χ4v) is 9.14. The molecule has 5 aliphatic rings. The van der Waals surface area contributed by atoms with Crippen molar-refractivity contribution in [3.05, 3.63) is 23.8 Å². The average Bonchev–Trinajstić information content (AvgIpc) is 3.52. The Labute approximate surface area is 230 Å². The first-order valence-corrected chi connectivity index (χ1v) is 14.6. The van der Waals surface area contributed by atoms with Crippen molar-refractivity contribution in [1.29, 1.82) is 0 Å². The number of aliphatic hydroxyl groups is 1. The summed E-state index contributed by atoms with van der Waals surface area (Å²) in [6.07, 6.45) is 11.9. The highest BCUT2D eigenvalue weighted by molar-refractivity contribution is 6.01.